The maximum atomic E-state index is 12.7. The van der Waals surface area contributed by atoms with Crippen LogP contribution in [0.15, 0.2) is 182 Å². The summed E-state index contributed by atoms with van der Waals surface area (Å²) >= 11 is 0. The molecule has 0 bridgehead atoms. The lowest BCUT2D eigenvalue weighted by atomic mass is 9.79. The lowest BCUT2D eigenvalue weighted by Crippen LogP contribution is -2.62. The van der Waals surface area contributed by atoms with Gasteiger partial charge in [0.1, 0.15) is 46.2 Å². The summed E-state index contributed by atoms with van der Waals surface area (Å²) in [5.74, 6) is 0.472. The first-order chi connectivity index (χ1) is 53.5. The minimum atomic E-state index is -0.835. The van der Waals surface area contributed by atoms with Crippen LogP contribution >= 0.6 is 0 Å². The predicted molar refractivity (Wildman–Crippen MR) is 441 cm³/mol. The smallest absolute Gasteiger partial charge is 0.346 e. The molecule has 2 saturated heterocycles. The van der Waals surface area contributed by atoms with Crippen LogP contribution < -0.4 is 4.74 Å². The summed E-state index contributed by atoms with van der Waals surface area (Å²) in [7, 11) is 3.46. The number of fused-ring (bicyclic) bond motifs is 1. The van der Waals surface area contributed by atoms with Crippen molar-refractivity contribution in [3.05, 3.63) is 188 Å². The van der Waals surface area contributed by atoms with Crippen molar-refractivity contribution in [3.63, 3.8) is 0 Å². The number of rotatable bonds is 32. The molecule has 0 saturated carbocycles. The van der Waals surface area contributed by atoms with E-state index in [1.54, 1.807) is 44.2 Å². The van der Waals surface area contributed by atoms with Gasteiger partial charge in [-0.1, -0.05) is 199 Å². The zero-order chi connectivity index (χ0) is 80.6. The number of phenolic OH excluding ortho intramolecular Hbond substituents is 2. The van der Waals surface area contributed by atoms with Crippen LogP contribution in [0.1, 0.15) is 197 Å². The van der Waals surface area contributed by atoms with Gasteiger partial charge in [0.25, 0.3) is 0 Å². The molecule has 0 spiro atoms. The Morgan fingerprint density at radius 2 is 0.964 bits per heavy atom. The van der Waals surface area contributed by atoms with Gasteiger partial charge in [-0.15, -0.1) is 15.0 Å². The van der Waals surface area contributed by atoms with Crippen LogP contribution in [0.5, 0.6) is 17.2 Å². The molecule has 20 nitrogen and oxygen atoms in total. The zero-order valence-corrected chi connectivity index (χ0v) is 68.0. The van der Waals surface area contributed by atoms with Crippen LogP contribution in [0.25, 0.3) is 73.1 Å². The van der Waals surface area contributed by atoms with Crippen LogP contribution in [-0.2, 0) is 49.4 Å². The lowest BCUT2D eigenvalue weighted by molar-refractivity contribution is -0.293. The number of esters is 4. The van der Waals surface area contributed by atoms with Gasteiger partial charge in [0.2, 0.25) is 0 Å². The first kappa shape index (κ1) is 85.8. The van der Waals surface area contributed by atoms with Crippen molar-refractivity contribution in [1.29, 1.82) is 0 Å². The molecule has 2 N–H and O–H groups in total. The monoisotopic (exact) mass is 1520 g/mol. The maximum absolute atomic E-state index is 12.7. The predicted octanol–water partition coefficient (Wildman–Crippen LogP) is 19.8. The van der Waals surface area contributed by atoms with Crippen LogP contribution in [0.4, 0.5) is 0 Å². The van der Waals surface area contributed by atoms with E-state index in [4.69, 9.17) is 43.5 Å². The van der Waals surface area contributed by atoms with Crippen molar-refractivity contribution < 1.29 is 57.9 Å². The Kier molecular flexibility index (Phi) is 30.9. The molecule has 9 aromatic rings. The van der Waals surface area contributed by atoms with Crippen molar-refractivity contribution in [3.8, 4) is 79.4 Å². The van der Waals surface area contributed by atoms with E-state index in [9.17, 15) is 29.4 Å². The quantitative estimate of drug-likeness (QED) is 0.0172. The number of carbonyl (C=O) groups excluding carboxylic acids is 4. The molecule has 4 heterocycles. The molecule has 2 aliphatic rings. The van der Waals surface area contributed by atoms with Gasteiger partial charge in [-0.2, -0.15) is 5.06 Å². The highest BCUT2D eigenvalue weighted by molar-refractivity contribution is 5.87. The van der Waals surface area contributed by atoms with Gasteiger partial charge in [-0.25, -0.2) is 24.5 Å². The number of aromatic hydroxyl groups is 2. The molecule has 11 rings (SSSR count). The number of carbonyl (C=O) groups is 4. The number of nitrogens with zero attached hydrogens (tertiary/aromatic N) is 8. The van der Waals surface area contributed by atoms with Gasteiger partial charge >= 0.3 is 23.9 Å². The average Bonchev–Trinajstić information content (AvgIpc) is 0.882. The highest BCUT2D eigenvalue weighted by Gasteiger charge is 2.48. The SMILES string of the molecule is C=C(C)C(=O)OCCc1ccc(O)c(-n2nc3ccccc3n2)c1.CCCCCCCCON1C(C)(C)CC(OC(=O)CCCCCCCCC(=O)OC2CC(C)(C)N(C)C(C)(C)C2)CC1(C)C.COC(=O)C(C)Oc1ccc(-c2nc(-c3ccc(-c4ccccc4)cc3)nc(-c3ccc(-c4ccccc4)cc3)n2)c(O)c1. The molecule has 2 aromatic heterocycles. The molecule has 596 valence electrons. The Balaban J connectivity index is 0.000000201. The third kappa shape index (κ3) is 24.7. The lowest BCUT2D eigenvalue weighted by Gasteiger charge is -2.53. The third-order valence-electron chi connectivity index (χ3n) is 20.9. The summed E-state index contributed by atoms with van der Waals surface area (Å²) in [6.07, 6.45) is 17.3. The molecule has 112 heavy (non-hydrogen) atoms. The summed E-state index contributed by atoms with van der Waals surface area (Å²) in [6.45, 7) is 27.7. The van der Waals surface area contributed by atoms with Crippen molar-refractivity contribution >= 4 is 34.9 Å². The van der Waals surface area contributed by atoms with Crippen molar-refractivity contribution in [2.45, 2.75) is 239 Å². The van der Waals surface area contributed by atoms with E-state index in [0.717, 1.165) is 127 Å². The summed E-state index contributed by atoms with van der Waals surface area (Å²) in [5.41, 5.74) is 9.30. The first-order valence-corrected chi connectivity index (χ1v) is 39.7. The van der Waals surface area contributed by atoms with Gasteiger partial charge in [-0.05, 0) is 160 Å². The molecule has 0 radical (unpaired) electrons. The van der Waals surface area contributed by atoms with E-state index in [-0.39, 0.29) is 64.4 Å². The van der Waals surface area contributed by atoms with E-state index in [1.807, 2.05) is 109 Å². The molecule has 2 fully saturated rings. The van der Waals surface area contributed by atoms with E-state index in [2.05, 4.69) is 120 Å². The molecule has 1 atom stereocenters. The Morgan fingerprint density at radius 1 is 0.518 bits per heavy atom. The fraction of sp³-hybridized carbons (Fsp3) is 0.446. The number of piperidine rings is 2. The fourth-order valence-electron chi connectivity index (χ4n) is 14.8. The number of hydrogen-bond donors (Lipinski definition) is 2. The molecule has 0 aliphatic carbocycles. The second-order valence-electron chi connectivity index (χ2n) is 32.0. The standard InChI is InChI=1S/C37H29N3O4.C37H70N2O5.C18H17N3O3/c1-24(37(42)43-2)44-31-21-22-32(33(41)23-31)36-39-34(29-17-13-27(14-18-29)25-9-5-3-6-10-25)38-35(40-36)30-19-15-28(16-20-30)26-11-7-4-8-12-26;1-11-12-13-14-19-22-25-42-39-36(6,7)28-31(29-37(39,8)9)44-33(41)24-21-18-16-15-17-20-23-32(40)43-30-26-34(2,3)38(10)35(4,5)27-30;1-12(2)18(23)24-10-9-13-7-8-17(22)16(11-13)21-19-14-5-3-4-6-15(14)20-21/h3-24,41H,1-2H3;30-31H,11-29H2,1-10H3;3-8,11,22H,1,9-10H2,2H3. The number of phenols is 2. The van der Waals surface area contributed by atoms with E-state index >= 15 is 0 Å². The number of likely N-dealkylation sites (tertiary alicyclic amines) is 1. The molecule has 1 unspecified atom stereocenters. The van der Waals surface area contributed by atoms with E-state index in [1.165, 1.54) is 50.1 Å². The first-order valence-electron chi connectivity index (χ1n) is 39.7. The van der Waals surface area contributed by atoms with Gasteiger partial charge in [0.15, 0.2) is 23.6 Å². The summed E-state index contributed by atoms with van der Waals surface area (Å²) in [5, 5.41) is 32.0. The number of methoxy groups -OCH3 is 1. The number of unbranched alkanes of at least 4 members (excludes halogenated alkanes) is 10. The van der Waals surface area contributed by atoms with Crippen molar-refractivity contribution in [2.24, 2.45) is 0 Å². The molecule has 7 aromatic carbocycles. The topological polar surface area (TPSA) is 240 Å². The Morgan fingerprint density at radius 3 is 1.45 bits per heavy atom. The zero-order valence-electron chi connectivity index (χ0n) is 68.0. The van der Waals surface area contributed by atoms with E-state index < -0.39 is 18.0 Å². The van der Waals surface area contributed by atoms with Crippen LogP contribution in [0, 0.1) is 0 Å². The van der Waals surface area contributed by atoms with Crippen molar-refractivity contribution in [2.75, 3.05) is 27.4 Å². The second kappa shape index (κ2) is 40.4. The van der Waals surface area contributed by atoms with Gasteiger partial charge in [0, 0.05) is 89.9 Å². The van der Waals surface area contributed by atoms with Crippen molar-refractivity contribution in [1.82, 2.24) is 39.9 Å². The van der Waals surface area contributed by atoms with E-state index in [0.29, 0.717) is 59.3 Å². The summed E-state index contributed by atoms with van der Waals surface area (Å²) in [4.78, 5) is 72.9. The Bertz CT molecular complexity index is 4370. The summed E-state index contributed by atoms with van der Waals surface area (Å²) < 4.78 is 27.3. The Labute approximate surface area is 662 Å². The molecular formula is C92H116N8O12. The highest BCUT2D eigenvalue weighted by atomic mass is 16.7. The van der Waals surface area contributed by atoms with Crippen LogP contribution in [-0.4, -0.2) is 142 Å². The fourth-order valence-corrected chi connectivity index (χ4v) is 14.8. The van der Waals surface area contributed by atoms with Gasteiger partial charge in [-0.3, -0.25) is 19.3 Å². The minimum absolute atomic E-state index is 0.00335. The Hall–Kier alpha value is -10.2. The number of hydroxylamine groups is 2. The number of hydrogen-bond acceptors (Lipinski definition) is 19. The number of benzene rings is 7. The molecular weight excluding hydrogens is 1410 g/mol. The van der Waals surface area contributed by atoms with Crippen LogP contribution in [0.3, 0.4) is 0 Å². The largest absolute Gasteiger partial charge is 0.507 e. The minimum Gasteiger partial charge on any atom is -0.507 e. The summed E-state index contributed by atoms with van der Waals surface area (Å²) in [6, 6.07) is 53.7. The van der Waals surface area contributed by atoms with Gasteiger partial charge < -0.3 is 33.9 Å². The molecule has 2 aliphatic heterocycles. The number of ether oxygens (including phenoxy) is 5. The second-order valence-corrected chi connectivity index (χ2v) is 32.0. The number of aromatic nitrogens is 6. The molecule has 20 heteroatoms. The third-order valence-corrected chi connectivity index (χ3v) is 20.9. The average molecular weight is 1530 g/mol. The van der Waals surface area contributed by atoms with Gasteiger partial charge in [0.05, 0.1) is 25.9 Å². The normalized spacial score (nSPS) is 15.5. The van der Waals surface area contributed by atoms with Crippen LogP contribution in [0.2, 0.25) is 0 Å². The molecule has 0 amide bonds. The maximum Gasteiger partial charge on any atom is 0.346 e. The highest BCUT2D eigenvalue weighted by Crippen LogP contribution is 2.42.